The Morgan fingerprint density at radius 3 is 2.47 bits per heavy atom. The summed E-state index contributed by atoms with van der Waals surface area (Å²) in [6.07, 6.45) is 10.8. The lowest BCUT2D eigenvalue weighted by atomic mass is 9.75. The van der Waals surface area contributed by atoms with Crippen LogP contribution in [-0.2, 0) is 0 Å². The Labute approximate surface area is 100.0 Å². The second-order valence-corrected chi connectivity index (χ2v) is 5.35. The zero-order valence-corrected chi connectivity index (χ0v) is 10.9. The maximum absolute atomic E-state index is 6.14. The minimum absolute atomic E-state index is 0.423. The van der Waals surface area contributed by atoms with Crippen molar-refractivity contribution >= 4 is 11.6 Å². The molecule has 0 spiro atoms. The molecule has 1 saturated carbocycles. The second kappa shape index (κ2) is 7.51. The van der Waals surface area contributed by atoms with Crippen LogP contribution >= 0.6 is 11.6 Å². The fourth-order valence-electron chi connectivity index (χ4n) is 2.51. The molecule has 90 valence electrons. The van der Waals surface area contributed by atoms with Crippen LogP contribution in [0.25, 0.3) is 0 Å². The summed E-state index contributed by atoms with van der Waals surface area (Å²) in [6, 6.07) is 0. The molecule has 1 aliphatic rings. The first kappa shape index (κ1) is 13.3. The van der Waals surface area contributed by atoms with E-state index in [1.807, 2.05) is 0 Å². The van der Waals surface area contributed by atoms with Gasteiger partial charge in [-0.15, -0.1) is 11.6 Å². The number of nitrogens with one attached hydrogen (secondary N) is 1. The molecule has 0 heterocycles. The molecule has 1 N–H and O–H groups in total. The number of alkyl halides is 1. The van der Waals surface area contributed by atoms with E-state index in [2.05, 4.69) is 12.2 Å². The topological polar surface area (TPSA) is 12.0 Å². The molecule has 0 bridgehead atoms. The smallest absolute Gasteiger partial charge is 0.0292 e. The summed E-state index contributed by atoms with van der Waals surface area (Å²) >= 11 is 6.14. The quantitative estimate of drug-likeness (QED) is 0.517. The van der Waals surface area contributed by atoms with E-state index in [9.17, 15) is 0 Å². The average molecular weight is 232 g/mol. The van der Waals surface area contributed by atoms with Crippen LogP contribution in [-0.4, -0.2) is 19.0 Å². The van der Waals surface area contributed by atoms with Crippen molar-refractivity contribution < 1.29 is 0 Å². The molecule has 0 aliphatic heterocycles. The van der Waals surface area contributed by atoms with Gasteiger partial charge in [-0.25, -0.2) is 0 Å². The molecule has 0 aromatic rings. The fourth-order valence-corrected chi connectivity index (χ4v) is 2.87. The molecular formula is C13H26ClN. The van der Waals surface area contributed by atoms with E-state index >= 15 is 0 Å². The Morgan fingerprint density at radius 2 is 1.87 bits per heavy atom. The summed E-state index contributed by atoms with van der Waals surface area (Å²) in [5, 5.41) is 3.60. The molecule has 0 saturated heterocycles. The van der Waals surface area contributed by atoms with Gasteiger partial charge in [0, 0.05) is 12.4 Å². The monoisotopic (exact) mass is 231 g/mol. The third kappa shape index (κ3) is 4.74. The Morgan fingerprint density at radius 1 is 1.13 bits per heavy atom. The van der Waals surface area contributed by atoms with E-state index in [0.29, 0.717) is 5.41 Å². The molecule has 0 atom stereocenters. The van der Waals surface area contributed by atoms with Crippen LogP contribution in [0.2, 0.25) is 0 Å². The number of rotatable bonds is 7. The summed E-state index contributed by atoms with van der Waals surface area (Å²) in [4.78, 5) is 0. The van der Waals surface area contributed by atoms with Crippen LogP contribution in [0.4, 0.5) is 0 Å². The number of halogens is 1. The predicted octanol–water partition coefficient (Wildman–Crippen LogP) is 3.96. The molecule has 1 rings (SSSR count). The van der Waals surface area contributed by atoms with Gasteiger partial charge >= 0.3 is 0 Å². The third-order valence-corrected chi connectivity index (χ3v) is 4.22. The summed E-state index contributed by atoms with van der Waals surface area (Å²) in [7, 11) is 0. The standard InChI is InChI=1S/C13H26ClN/c1-2-3-7-10-15-12-13(11-14)8-5-4-6-9-13/h15H,2-12H2,1H3. The summed E-state index contributed by atoms with van der Waals surface area (Å²) < 4.78 is 0. The molecule has 0 unspecified atom stereocenters. The lowest BCUT2D eigenvalue weighted by Gasteiger charge is -2.35. The Hall–Kier alpha value is 0.250. The first-order chi connectivity index (χ1) is 7.33. The highest BCUT2D eigenvalue weighted by Gasteiger charge is 2.30. The molecule has 15 heavy (non-hydrogen) atoms. The van der Waals surface area contributed by atoms with Crippen LogP contribution in [0.1, 0.15) is 58.3 Å². The zero-order chi connectivity index (χ0) is 11.0. The van der Waals surface area contributed by atoms with Crippen LogP contribution < -0.4 is 5.32 Å². The Balaban J connectivity index is 2.15. The van der Waals surface area contributed by atoms with E-state index in [0.717, 1.165) is 12.4 Å². The molecule has 0 aromatic carbocycles. The van der Waals surface area contributed by atoms with Crippen molar-refractivity contribution in [1.82, 2.24) is 5.32 Å². The number of hydrogen-bond acceptors (Lipinski definition) is 1. The SMILES string of the molecule is CCCCCNCC1(CCl)CCCCC1. The van der Waals surface area contributed by atoms with Gasteiger partial charge in [0.25, 0.3) is 0 Å². The van der Waals surface area contributed by atoms with Crippen molar-refractivity contribution in [1.29, 1.82) is 0 Å². The van der Waals surface area contributed by atoms with Crippen molar-refractivity contribution in [3.63, 3.8) is 0 Å². The van der Waals surface area contributed by atoms with Crippen molar-refractivity contribution in [2.75, 3.05) is 19.0 Å². The third-order valence-electron chi connectivity index (χ3n) is 3.65. The number of hydrogen-bond donors (Lipinski definition) is 1. The molecule has 0 radical (unpaired) electrons. The molecule has 0 aromatic heterocycles. The predicted molar refractivity (Wildman–Crippen MR) is 68.6 cm³/mol. The fraction of sp³-hybridized carbons (Fsp3) is 1.00. The first-order valence-corrected chi connectivity index (χ1v) is 7.13. The van der Waals surface area contributed by atoms with Crippen molar-refractivity contribution in [3.05, 3.63) is 0 Å². The van der Waals surface area contributed by atoms with E-state index in [4.69, 9.17) is 11.6 Å². The number of unbranched alkanes of at least 4 members (excludes halogenated alkanes) is 2. The van der Waals surface area contributed by atoms with Gasteiger partial charge in [-0.3, -0.25) is 0 Å². The van der Waals surface area contributed by atoms with Crippen LogP contribution in [0, 0.1) is 5.41 Å². The van der Waals surface area contributed by atoms with Gasteiger partial charge < -0.3 is 5.32 Å². The van der Waals surface area contributed by atoms with Crippen molar-refractivity contribution in [2.45, 2.75) is 58.3 Å². The Bertz CT molecular complexity index is 153. The maximum atomic E-state index is 6.14. The van der Waals surface area contributed by atoms with E-state index in [-0.39, 0.29) is 0 Å². The van der Waals surface area contributed by atoms with Gasteiger partial charge in [-0.1, -0.05) is 39.0 Å². The van der Waals surface area contributed by atoms with E-state index < -0.39 is 0 Å². The highest BCUT2D eigenvalue weighted by atomic mass is 35.5. The molecular weight excluding hydrogens is 206 g/mol. The van der Waals surface area contributed by atoms with Crippen molar-refractivity contribution in [2.24, 2.45) is 5.41 Å². The van der Waals surface area contributed by atoms with Gasteiger partial charge in [-0.05, 0) is 31.2 Å². The molecule has 1 nitrogen and oxygen atoms in total. The van der Waals surface area contributed by atoms with Crippen LogP contribution in [0.15, 0.2) is 0 Å². The summed E-state index contributed by atoms with van der Waals surface area (Å²) in [5.74, 6) is 0.841. The van der Waals surface area contributed by atoms with E-state index in [1.165, 1.54) is 57.9 Å². The zero-order valence-electron chi connectivity index (χ0n) is 10.2. The minimum Gasteiger partial charge on any atom is -0.316 e. The van der Waals surface area contributed by atoms with Gasteiger partial charge in [0.05, 0.1) is 0 Å². The minimum atomic E-state index is 0.423. The molecule has 1 aliphatic carbocycles. The van der Waals surface area contributed by atoms with E-state index in [1.54, 1.807) is 0 Å². The van der Waals surface area contributed by atoms with Gasteiger partial charge in [0.2, 0.25) is 0 Å². The summed E-state index contributed by atoms with van der Waals surface area (Å²) in [6.45, 7) is 4.56. The average Bonchev–Trinajstić information content (AvgIpc) is 2.30. The van der Waals surface area contributed by atoms with Crippen molar-refractivity contribution in [3.8, 4) is 0 Å². The van der Waals surface area contributed by atoms with Crippen LogP contribution in [0.5, 0.6) is 0 Å². The largest absolute Gasteiger partial charge is 0.316 e. The molecule has 2 heteroatoms. The molecule has 0 amide bonds. The highest BCUT2D eigenvalue weighted by Crippen LogP contribution is 2.36. The lowest BCUT2D eigenvalue weighted by Crippen LogP contribution is -2.38. The van der Waals surface area contributed by atoms with Gasteiger partial charge in [-0.2, -0.15) is 0 Å². The first-order valence-electron chi connectivity index (χ1n) is 6.60. The Kier molecular flexibility index (Phi) is 6.67. The van der Waals surface area contributed by atoms with Gasteiger partial charge in [0.15, 0.2) is 0 Å². The molecule has 1 fully saturated rings. The lowest BCUT2D eigenvalue weighted by molar-refractivity contribution is 0.212. The maximum Gasteiger partial charge on any atom is 0.0292 e. The van der Waals surface area contributed by atoms with Gasteiger partial charge in [0.1, 0.15) is 0 Å². The second-order valence-electron chi connectivity index (χ2n) is 5.08. The summed E-state index contributed by atoms with van der Waals surface area (Å²) in [5.41, 5.74) is 0.423. The van der Waals surface area contributed by atoms with Crippen LogP contribution in [0.3, 0.4) is 0 Å². The normalized spacial score (nSPS) is 20.4. The highest BCUT2D eigenvalue weighted by molar-refractivity contribution is 6.18.